The van der Waals surface area contributed by atoms with Gasteiger partial charge in [-0.15, -0.1) is 5.06 Å². The third-order valence-corrected chi connectivity index (χ3v) is 8.74. The molecule has 39 heavy (non-hydrogen) atoms. The summed E-state index contributed by atoms with van der Waals surface area (Å²) in [6.07, 6.45) is 14.5. The van der Waals surface area contributed by atoms with E-state index in [9.17, 15) is 4.79 Å². The predicted octanol–water partition coefficient (Wildman–Crippen LogP) is 8.60. The Hall–Kier alpha value is -2.37. The molecule has 1 unspecified atom stereocenters. The molecule has 0 aromatic heterocycles. The lowest BCUT2D eigenvalue weighted by atomic mass is 9.86. The zero-order valence-corrected chi connectivity index (χ0v) is 24.3. The van der Waals surface area contributed by atoms with Gasteiger partial charge >= 0.3 is 5.97 Å². The molecule has 1 aliphatic heterocycles. The third kappa shape index (κ3) is 7.05. The van der Waals surface area contributed by atoms with E-state index in [4.69, 9.17) is 14.3 Å². The van der Waals surface area contributed by atoms with Crippen LogP contribution in [0.15, 0.2) is 42.5 Å². The summed E-state index contributed by atoms with van der Waals surface area (Å²) in [6, 6.07) is 14.9. The quantitative estimate of drug-likeness (QED) is 0.334. The first-order valence-corrected chi connectivity index (χ1v) is 15.4. The molecule has 0 amide bonds. The smallest absolute Gasteiger partial charge is 0.357 e. The Morgan fingerprint density at radius 1 is 0.795 bits per heavy atom. The van der Waals surface area contributed by atoms with E-state index in [0.29, 0.717) is 30.0 Å². The van der Waals surface area contributed by atoms with Crippen molar-refractivity contribution in [3.8, 4) is 16.9 Å². The van der Waals surface area contributed by atoms with Gasteiger partial charge < -0.3 is 14.3 Å². The van der Waals surface area contributed by atoms with Gasteiger partial charge in [0.1, 0.15) is 5.75 Å². The Bertz CT molecular complexity index is 1050. The highest BCUT2D eigenvalue weighted by atomic mass is 16.7. The molecule has 5 nitrogen and oxygen atoms in total. The van der Waals surface area contributed by atoms with Crippen molar-refractivity contribution in [3.05, 3.63) is 53.6 Å². The van der Waals surface area contributed by atoms with Crippen molar-refractivity contribution in [3.63, 3.8) is 0 Å². The van der Waals surface area contributed by atoms with E-state index in [1.165, 1.54) is 44.1 Å². The first kappa shape index (κ1) is 28.2. The van der Waals surface area contributed by atoms with Gasteiger partial charge in [-0.3, -0.25) is 0 Å². The lowest BCUT2D eigenvalue weighted by molar-refractivity contribution is -0.178. The standard InChI is InChI=1S/C34H47NO4/c1-34(2,3)26-22-20-25(21-23-26)32-29(17-12-18-30(32)38-31-19-10-11-24-37-31)33(36)39-35(27-13-6-4-7-14-27)28-15-8-5-9-16-28/h12,17-18,20-23,27-28,31H,4-11,13-16,19,24H2,1-3H3. The number of hydrogen-bond donors (Lipinski definition) is 0. The average molecular weight is 534 g/mol. The maximum Gasteiger partial charge on any atom is 0.357 e. The molecule has 3 aliphatic rings. The topological polar surface area (TPSA) is 48.0 Å². The minimum Gasteiger partial charge on any atom is -0.464 e. The monoisotopic (exact) mass is 533 g/mol. The second-order valence-corrected chi connectivity index (χ2v) is 12.7. The number of benzene rings is 2. The molecule has 1 heterocycles. The normalized spacial score (nSPS) is 21.6. The molecule has 1 saturated heterocycles. The number of carbonyl (C=O) groups excluding carboxylic acids is 1. The molecule has 5 rings (SSSR count). The van der Waals surface area contributed by atoms with E-state index in [1.54, 1.807) is 0 Å². The first-order valence-electron chi connectivity index (χ1n) is 15.4. The summed E-state index contributed by atoms with van der Waals surface area (Å²) in [5, 5.41) is 2.12. The summed E-state index contributed by atoms with van der Waals surface area (Å²) in [5.74, 6) is 0.401. The Morgan fingerprint density at radius 2 is 1.41 bits per heavy atom. The summed E-state index contributed by atoms with van der Waals surface area (Å²) in [7, 11) is 0. The zero-order chi connectivity index (χ0) is 27.2. The van der Waals surface area contributed by atoms with Gasteiger partial charge in [0.15, 0.2) is 6.29 Å². The van der Waals surface area contributed by atoms with E-state index >= 15 is 0 Å². The minimum atomic E-state index is -0.293. The van der Waals surface area contributed by atoms with E-state index in [0.717, 1.165) is 56.1 Å². The molecule has 212 valence electrons. The van der Waals surface area contributed by atoms with Crippen LogP contribution in [0, 0.1) is 0 Å². The molecule has 2 saturated carbocycles. The summed E-state index contributed by atoms with van der Waals surface area (Å²) >= 11 is 0. The number of hydroxylamine groups is 2. The Morgan fingerprint density at radius 3 is 1.97 bits per heavy atom. The van der Waals surface area contributed by atoms with Gasteiger partial charge in [0.05, 0.1) is 12.2 Å². The largest absolute Gasteiger partial charge is 0.464 e. The number of nitrogens with zero attached hydrogens (tertiary/aromatic N) is 1. The van der Waals surface area contributed by atoms with Crippen LogP contribution in [0.1, 0.15) is 120 Å². The number of hydrogen-bond acceptors (Lipinski definition) is 5. The van der Waals surface area contributed by atoms with Gasteiger partial charge in [0.2, 0.25) is 0 Å². The molecule has 0 radical (unpaired) electrons. The van der Waals surface area contributed by atoms with Crippen LogP contribution in [0.25, 0.3) is 11.1 Å². The lowest BCUT2D eigenvalue weighted by Crippen LogP contribution is -2.46. The fourth-order valence-electron chi connectivity index (χ4n) is 6.44. The number of rotatable bonds is 7. The van der Waals surface area contributed by atoms with Crippen LogP contribution in [-0.2, 0) is 15.0 Å². The maximum absolute atomic E-state index is 14.1. The summed E-state index contributed by atoms with van der Waals surface area (Å²) in [6.45, 7) is 7.36. The van der Waals surface area contributed by atoms with Crippen LogP contribution in [0.4, 0.5) is 0 Å². The van der Waals surface area contributed by atoms with Gasteiger partial charge in [-0.25, -0.2) is 4.79 Å². The van der Waals surface area contributed by atoms with Gasteiger partial charge in [0.25, 0.3) is 0 Å². The van der Waals surface area contributed by atoms with Crippen LogP contribution in [-0.4, -0.2) is 36.0 Å². The van der Waals surface area contributed by atoms with E-state index in [2.05, 4.69) is 50.1 Å². The fraction of sp³-hybridized carbons (Fsp3) is 0.618. The molecule has 1 atom stereocenters. The first-order chi connectivity index (χ1) is 18.9. The molecule has 2 aromatic rings. The van der Waals surface area contributed by atoms with Gasteiger partial charge in [-0.05, 0) is 67.2 Å². The predicted molar refractivity (Wildman–Crippen MR) is 156 cm³/mol. The molecule has 5 heteroatoms. The molecule has 3 fully saturated rings. The van der Waals surface area contributed by atoms with Gasteiger partial charge in [-0.2, -0.15) is 0 Å². The fourth-order valence-corrected chi connectivity index (χ4v) is 6.44. The second-order valence-electron chi connectivity index (χ2n) is 12.7. The molecule has 0 N–H and O–H groups in total. The highest BCUT2D eigenvalue weighted by molar-refractivity contribution is 5.99. The second kappa shape index (κ2) is 12.9. The van der Waals surface area contributed by atoms with Crippen LogP contribution in [0.3, 0.4) is 0 Å². The van der Waals surface area contributed by atoms with Crippen LogP contribution < -0.4 is 4.74 Å². The Labute approximate surface area is 235 Å². The molecule has 2 aromatic carbocycles. The summed E-state index contributed by atoms with van der Waals surface area (Å²) in [4.78, 5) is 20.5. The van der Waals surface area contributed by atoms with Crippen LogP contribution >= 0.6 is 0 Å². The van der Waals surface area contributed by atoms with Gasteiger partial charge in [0, 0.05) is 24.1 Å². The van der Waals surface area contributed by atoms with Crippen LogP contribution in [0.2, 0.25) is 0 Å². The van der Waals surface area contributed by atoms with E-state index < -0.39 is 0 Å². The van der Waals surface area contributed by atoms with Crippen molar-refractivity contribution in [2.45, 2.75) is 128 Å². The minimum absolute atomic E-state index is 0.0484. The lowest BCUT2D eigenvalue weighted by Gasteiger charge is -2.39. The average Bonchev–Trinajstić information content (AvgIpc) is 2.97. The van der Waals surface area contributed by atoms with Crippen molar-refractivity contribution in [2.24, 2.45) is 0 Å². The van der Waals surface area contributed by atoms with Crippen LogP contribution in [0.5, 0.6) is 5.75 Å². The highest BCUT2D eigenvalue weighted by Crippen LogP contribution is 2.38. The molecule has 2 aliphatic carbocycles. The summed E-state index contributed by atoms with van der Waals surface area (Å²) in [5.41, 5.74) is 3.62. The molecular formula is C34H47NO4. The SMILES string of the molecule is CC(C)(C)c1ccc(-c2c(OC3CCCCO3)cccc2C(=O)ON(C2CCCCC2)C2CCCCC2)cc1. The van der Waals surface area contributed by atoms with Crippen molar-refractivity contribution in [1.29, 1.82) is 0 Å². The van der Waals surface area contributed by atoms with E-state index in [1.807, 2.05) is 18.2 Å². The number of ether oxygens (including phenoxy) is 2. The Balaban J connectivity index is 1.48. The summed E-state index contributed by atoms with van der Waals surface area (Å²) < 4.78 is 12.3. The Kier molecular flexibility index (Phi) is 9.29. The molecule has 0 spiro atoms. The third-order valence-electron chi connectivity index (χ3n) is 8.74. The molecule has 0 bridgehead atoms. The number of carbonyl (C=O) groups is 1. The van der Waals surface area contributed by atoms with Gasteiger partial charge in [-0.1, -0.05) is 89.6 Å². The molecular weight excluding hydrogens is 486 g/mol. The zero-order valence-electron chi connectivity index (χ0n) is 24.3. The van der Waals surface area contributed by atoms with E-state index in [-0.39, 0.29) is 17.7 Å². The highest BCUT2D eigenvalue weighted by Gasteiger charge is 2.33. The van der Waals surface area contributed by atoms with Crippen molar-refractivity contribution >= 4 is 5.97 Å². The maximum atomic E-state index is 14.1. The van der Waals surface area contributed by atoms with Crippen molar-refractivity contribution in [2.75, 3.05) is 6.61 Å². The van der Waals surface area contributed by atoms with Crippen molar-refractivity contribution < 1.29 is 19.1 Å². The van der Waals surface area contributed by atoms with Crippen molar-refractivity contribution in [1.82, 2.24) is 5.06 Å².